The Morgan fingerprint density at radius 2 is 1.68 bits per heavy atom. The minimum atomic E-state index is -1.32. The van der Waals surface area contributed by atoms with Crippen molar-refractivity contribution >= 4 is 20.1 Å². The Hall–Kier alpha value is -2.21. The van der Waals surface area contributed by atoms with Gasteiger partial charge in [0, 0.05) is 30.0 Å². The molecule has 6 nitrogen and oxygen atoms in total. The summed E-state index contributed by atoms with van der Waals surface area (Å²) in [4.78, 5) is 11.9. The number of rotatable bonds is 9. The molecule has 0 spiro atoms. The molecule has 168 valence electrons. The highest BCUT2D eigenvalue weighted by molar-refractivity contribution is 7.46. The molecule has 1 unspecified atom stereocenters. The zero-order valence-electron chi connectivity index (χ0n) is 17.7. The smallest absolute Gasteiger partial charge is 0.245 e. The van der Waals surface area contributed by atoms with Crippen molar-refractivity contribution in [2.24, 2.45) is 0 Å². The molecule has 2 aromatic rings. The van der Waals surface area contributed by atoms with E-state index in [2.05, 4.69) is 49.2 Å². The van der Waals surface area contributed by atoms with Gasteiger partial charge in [-0.1, -0.05) is 49.9 Å². The van der Waals surface area contributed by atoms with Gasteiger partial charge in [0.1, 0.15) is 5.75 Å². The Morgan fingerprint density at radius 3 is 2.32 bits per heavy atom. The van der Waals surface area contributed by atoms with E-state index in [0.717, 1.165) is 12.0 Å². The number of anilines is 1. The van der Waals surface area contributed by atoms with Gasteiger partial charge >= 0.3 is 0 Å². The molecular formula is C24H32NO5P. The lowest BCUT2D eigenvalue weighted by molar-refractivity contribution is -0.230. The monoisotopic (exact) mass is 445 g/mol. The lowest BCUT2D eigenvalue weighted by Gasteiger charge is -2.29. The van der Waals surface area contributed by atoms with E-state index in [1.54, 1.807) is 12.1 Å². The molecule has 7 heteroatoms. The fourth-order valence-electron chi connectivity index (χ4n) is 3.83. The van der Waals surface area contributed by atoms with Gasteiger partial charge in [0.05, 0.1) is 14.2 Å². The molecular weight excluding hydrogens is 413 g/mol. The highest BCUT2D eigenvalue weighted by Gasteiger charge is 2.42. The second-order valence-corrected chi connectivity index (χ2v) is 8.61. The summed E-state index contributed by atoms with van der Waals surface area (Å²) in [6.45, 7) is 2.24. The molecule has 0 bridgehead atoms. The highest BCUT2D eigenvalue weighted by atomic mass is 31.2. The van der Waals surface area contributed by atoms with Crippen LogP contribution in [0.25, 0.3) is 6.08 Å². The van der Waals surface area contributed by atoms with Crippen molar-refractivity contribution in [3.63, 3.8) is 0 Å². The van der Waals surface area contributed by atoms with Gasteiger partial charge in [-0.15, -0.1) is 0 Å². The predicted molar refractivity (Wildman–Crippen MR) is 127 cm³/mol. The molecule has 3 rings (SSSR count). The molecule has 0 saturated heterocycles. The largest absolute Gasteiger partial charge is 0.508 e. The summed E-state index contributed by atoms with van der Waals surface area (Å²) >= 11 is 0. The summed E-state index contributed by atoms with van der Waals surface area (Å²) in [6.07, 6.45) is 7.66. The summed E-state index contributed by atoms with van der Waals surface area (Å²) in [5.74, 6) is 0.261. The quantitative estimate of drug-likeness (QED) is 0.282. The molecule has 0 saturated carbocycles. The number of phenolic OH excluding ortho intramolecular Hbond substituents is 1. The van der Waals surface area contributed by atoms with Crippen LogP contribution in [0.15, 0.2) is 66.4 Å². The van der Waals surface area contributed by atoms with Gasteiger partial charge in [-0.3, -0.25) is 0 Å². The van der Waals surface area contributed by atoms with Gasteiger partial charge in [-0.2, -0.15) is 9.35 Å². The number of benzene rings is 2. The molecule has 2 aromatic carbocycles. The summed E-state index contributed by atoms with van der Waals surface area (Å²) in [6, 6.07) is 15.6. The summed E-state index contributed by atoms with van der Waals surface area (Å²) < 4.78 is 10.5. The van der Waals surface area contributed by atoms with Gasteiger partial charge in [0.25, 0.3) is 0 Å². The van der Waals surface area contributed by atoms with Gasteiger partial charge in [-0.25, -0.2) is 9.78 Å². The van der Waals surface area contributed by atoms with E-state index < -0.39 is 8.38 Å². The molecule has 1 heterocycles. The number of para-hydroxylation sites is 1. The molecule has 1 atom stereocenters. The number of nitrogens with zero attached hydrogens (tertiary/aromatic N) is 1. The molecule has 1 N–H and O–H groups in total. The first-order valence-corrected chi connectivity index (χ1v) is 11.1. The SMILES string of the molecule is C.COOP(CCC1(C)/C(=C/C=C/c2ccc(O)cc2)N(C)c2ccccc21)OOC. The molecule has 0 fully saturated rings. The number of phenols is 1. The number of hydrogen-bond acceptors (Lipinski definition) is 6. The maximum atomic E-state index is 9.46. The molecule has 0 radical (unpaired) electrons. The lowest BCUT2D eigenvalue weighted by Crippen LogP contribution is -2.27. The third-order valence-corrected chi connectivity index (χ3v) is 6.55. The Morgan fingerprint density at radius 1 is 1.03 bits per heavy atom. The average Bonchev–Trinajstić information content (AvgIpc) is 2.96. The Kier molecular flexibility index (Phi) is 9.23. The first-order chi connectivity index (χ1) is 14.5. The Labute approximate surface area is 186 Å². The van der Waals surface area contributed by atoms with E-state index in [0.29, 0.717) is 6.16 Å². The van der Waals surface area contributed by atoms with Crippen LogP contribution in [0.3, 0.4) is 0 Å². The van der Waals surface area contributed by atoms with E-state index >= 15 is 0 Å². The maximum Gasteiger partial charge on any atom is 0.245 e. The standard InChI is InChI=1S/C23H28NO5P.CH4/c1-23(16-17-30(28-26-3)29-27-4)20-9-5-6-10-21(20)24(2)22(23)11-7-8-18-12-14-19(25)15-13-18;/h5-15,25H,16-17H2,1-4H3;1H4/b8-7+,22-11-;. The van der Waals surface area contributed by atoms with Crippen LogP contribution in [0.1, 0.15) is 31.9 Å². The number of aromatic hydroxyl groups is 1. The van der Waals surface area contributed by atoms with Crippen molar-refractivity contribution in [2.75, 3.05) is 32.3 Å². The minimum Gasteiger partial charge on any atom is -0.508 e. The van der Waals surface area contributed by atoms with E-state index in [-0.39, 0.29) is 18.6 Å². The fourth-order valence-corrected chi connectivity index (χ4v) is 4.97. The highest BCUT2D eigenvalue weighted by Crippen LogP contribution is 2.52. The number of likely N-dealkylation sites (N-methyl/N-ethyl adjacent to an activating group) is 1. The first-order valence-electron chi connectivity index (χ1n) is 9.70. The third kappa shape index (κ3) is 5.73. The van der Waals surface area contributed by atoms with E-state index in [1.807, 2.05) is 24.3 Å². The van der Waals surface area contributed by atoms with E-state index in [4.69, 9.17) is 19.1 Å². The van der Waals surface area contributed by atoms with Crippen LogP contribution in [0, 0.1) is 0 Å². The third-order valence-electron chi connectivity index (χ3n) is 5.33. The van der Waals surface area contributed by atoms with Gasteiger partial charge in [-0.05, 0) is 48.7 Å². The van der Waals surface area contributed by atoms with Crippen molar-refractivity contribution in [3.05, 3.63) is 77.5 Å². The first kappa shape index (κ1) is 25.1. The Balaban J connectivity index is 0.00000341. The topological polar surface area (TPSA) is 60.4 Å². The van der Waals surface area contributed by atoms with Crippen LogP contribution in [-0.2, 0) is 24.5 Å². The van der Waals surface area contributed by atoms with Crippen LogP contribution in [-0.4, -0.2) is 32.5 Å². The summed E-state index contributed by atoms with van der Waals surface area (Å²) in [5.41, 5.74) is 4.44. The van der Waals surface area contributed by atoms with Crippen LogP contribution in [0.2, 0.25) is 0 Å². The predicted octanol–water partition coefficient (Wildman–Crippen LogP) is 6.19. The van der Waals surface area contributed by atoms with Crippen molar-refractivity contribution < 1.29 is 24.2 Å². The van der Waals surface area contributed by atoms with Crippen LogP contribution in [0.5, 0.6) is 5.75 Å². The van der Waals surface area contributed by atoms with Crippen LogP contribution >= 0.6 is 8.38 Å². The van der Waals surface area contributed by atoms with Gasteiger partial charge in [0.15, 0.2) is 0 Å². The Bertz CT molecular complexity index is 893. The summed E-state index contributed by atoms with van der Waals surface area (Å²) in [5, 5.41) is 9.46. The maximum absolute atomic E-state index is 9.46. The van der Waals surface area contributed by atoms with Gasteiger partial charge in [0.2, 0.25) is 8.38 Å². The zero-order valence-corrected chi connectivity index (χ0v) is 18.6. The zero-order chi connectivity index (χ0) is 21.6. The van der Waals surface area contributed by atoms with E-state index in [1.165, 1.54) is 31.2 Å². The van der Waals surface area contributed by atoms with Crippen LogP contribution in [0.4, 0.5) is 5.69 Å². The number of allylic oxidation sites excluding steroid dienone is 3. The van der Waals surface area contributed by atoms with Crippen molar-refractivity contribution in [1.29, 1.82) is 0 Å². The van der Waals surface area contributed by atoms with Crippen molar-refractivity contribution in [2.45, 2.75) is 26.2 Å². The van der Waals surface area contributed by atoms with Crippen molar-refractivity contribution in [1.82, 2.24) is 0 Å². The van der Waals surface area contributed by atoms with Crippen molar-refractivity contribution in [3.8, 4) is 5.75 Å². The normalized spacial score (nSPS) is 19.3. The molecule has 1 aliphatic rings. The van der Waals surface area contributed by atoms with E-state index in [9.17, 15) is 5.11 Å². The molecule has 0 amide bonds. The second-order valence-electron chi connectivity index (χ2n) is 7.20. The summed E-state index contributed by atoms with van der Waals surface area (Å²) in [7, 11) is 3.71. The average molecular weight is 445 g/mol. The number of hydrogen-bond donors (Lipinski definition) is 1. The van der Waals surface area contributed by atoms with Gasteiger partial charge < -0.3 is 10.0 Å². The minimum absolute atomic E-state index is 0. The lowest BCUT2D eigenvalue weighted by atomic mass is 9.79. The molecule has 31 heavy (non-hydrogen) atoms. The fraction of sp³-hybridized carbons (Fsp3) is 0.333. The number of fused-ring (bicyclic) bond motifs is 1. The second kappa shape index (κ2) is 11.4. The molecule has 0 aliphatic carbocycles. The van der Waals surface area contributed by atoms with Crippen LogP contribution < -0.4 is 4.90 Å². The molecule has 1 aliphatic heterocycles. The molecule has 0 aromatic heterocycles.